The summed E-state index contributed by atoms with van der Waals surface area (Å²) in [6.07, 6.45) is 4.48. The lowest BCUT2D eigenvalue weighted by Crippen LogP contribution is -2.20. The molecular formula is C13H21N3O2. The number of nitrogens with one attached hydrogen (secondary N) is 1. The lowest BCUT2D eigenvalue weighted by Gasteiger charge is -2.11. The standard InChI is InChI=1S/C13H21N3O2/c1-10(2)5-14-6-11-7-15-8-13(16-11)18-12-3-4-17-9-12/h7-8,10,12,14H,3-6,9H2,1-2H3. The minimum Gasteiger partial charge on any atom is -0.471 e. The maximum Gasteiger partial charge on any atom is 0.232 e. The Balaban J connectivity index is 1.84. The zero-order valence-corrected chi connectivity index (χ0v) is 11.1. The quantitative estimate of drug-likeness (QED) is 0.828. The van der Waals surface area contributed by atoms with Gasteiger partial charge in [0.25, 0.3) is 0 Å². The van der Waals surface area contributed by atoms with Crippen LogP contribution in [0.4, 0.5) is 0 Å². The fraction of sp³-hybridized carbons (Fsp3) is 0.692. The van der Waals surface area contributed by atoms with E-state index in [-0.39, 0.29) is 6.10 Å². The Morgan fingerprint density at radius 2 is 2.39 bits per heavy atom. The molecule has 2 heterocycles. The van der Waals surface area contributed by atoms with E-state index in [4.69, 9.17) is 9.47 Å². The minimum atomic E-state index is 0.123. The van der Waals surface area contributed by atoms with Gasteiger partial charge in [0.1, 0.15) is 6.10 Å². The van der Waals surface area contributed by atoms with Gasteiger partial charge in [0.15, 0.2) is 0 Å². The Morgan fingerprint density at radius 1 is 1.50 bits per heavy atom. The van der Waals surface area contributed by atoms with Crippen LogP contribution in [-0.4, -0.2) is 35.8 Å². The highest BCUT2D eigenvalue weighted by atomic mass is 16.5. The first-order valence-corrected chi connectivity index (χ1v) is 6.50. The van der Waals surface area contributed by atoms with E-state index in [9.17, 15) is 0 Å². The molecule has 1 unspecified atom stereocenters. The van der Waals surface area contributed by atoms with Gasteiger partial charge in [-0.2, -0.15) is 0 Å². The monoisotopic (exact) mass is 251 g/mol. The molecule has 18 heavy (non-hydrogen) atoms. The van der Waals surface area contributed by atoms with Crippen molar-refractivity contribution in [1.82, 2.24) is 15.3 Å². The molecule has 100 valence electrons. The molecule has 1 fully saturated rings. The molecule has 0 amide bonds. The topological polar surface area (TPSA) is 56.3 Å². The number of rotatable bonds is 6. The predicted octanol–water partition coefficient (Wildman–Crippen LogP) is 1.39. The largest absolute Gasteiger partial charge is 0.471 e. The molecule has 1 N–H and O–H groups in total. The SMILES string of the molecule is CC(C)CNCc1cncc(OC2CCOC2)n1. The number of ether oxygens (including phenoxy) is 2. The van der Waals surface area contributed by atoms with Crippen molar-refractivity contribution in [3.05, 3.63) is 18.1 Å². The van der Waals surface area contributed by atoms with Crippen LogP contribution >= 0.6 is 0 Å². The van der Waals surface area contributed by atoms with Gasteiger partial charge in [-0.15, -0.1) is 0 Å². The second kappa shape index (κ2) is 6.66. The van der Waals surface area contributed by atoms with Crippen LogP contribution in [0.2, 0.25) is 0 Å². The lowest BCUT2D eigenvalue weighted by molar-refractivity contribution is 0.137. The van der Waals surface area contributed by atoms with Gasteiger partial charge >= 0.3 is 0 Å². The van der Waals surface area contributed by atoms with Crippen LogP contribution in [0.15, 0.2) is 12.4 Å². The van der Waals surface area contributed by atoms with Gasteiger partial charge < -0.3 is 14.8 Å². The van der Waals surface area contributed by atoms with Gasteiger partial charge in [0.2, 0.25) is 5.88 Å². The second-order valence-corrected chi connectivity index (χ2v) is 4.98. The molecular weight excluding hydrogens is 230 g/mol. The smallest absolute Gasteiger partial charge is 0.232 e. The van der Waals surface area contributed by atoms with Crippen LogP contribution in [0.25, 0.3) is 0 Å². The van der Waals surface area contributed by atoms with E-state index in [0.717, 1.165) is 31.8 Å². The molecule has 0 spiro atoms. The molecule has 0 aromatic carbocycles. The van der Waals surface area contributed by atoms with E-state index in [1.54, 1.807) is 12.4 Å². The highest BCUT2D eigenvalue weighted by Gasteiger charge is 2.17. The Kier molecular flexibility index (Phi) is 4.90. The molecule has 0 aliphatic carbocycles. The normalized spacial score (nSPS) is 19.4. The van der Waals surface area contributed by atoms with Gasteiger partial charge in [-0.1, -0.05) is 13.8 Å². The zero-order valence-electron chi connectivity index (χ0n) is 11.1. The molecule has 1 aliphatic rings. The third-order valence-electron chi connectivity index (χ3n) is 2.70. The van der Waals surface area contributed by atoms with Crippen LogP contribution in [-0.2, 0) is 11.3 Å². The van der Waals surface area contributed by atoms with Crippen molar-refractivity contribution in [2.24, 2.45) is 5.92 Å². The van der Waals surface area contributed by atoms with Crippen molar-refractivity contribution in [2.45, 2.75) is 32.9 Å². The average molecular weight is 251 g/mol. The zero-order chi connectivity index (χ0) is 12.8. The third kappa shape index (κ3) is 4.23. The Hall–Kier alpha value is -1.20. The van der Waals surface area contributed by atoms with Gasteiger partial charge in [-0.05, 0) is 12.5 Å². The summed E-state index contributed by atoms with van der Waals surface area (Å²) in [5.74, 6) is 1.22. The summed E-state index contributed by atoms with van der Waals surface area (Å²) in [5, 5.41) is 3.34. The first-order chi connectivity index (χ1) is 8.74. The molecule has 5 heteroatoms. The van der Waals surface area contributed by atoms with E-state index >= 15 is 0 Å². The second-order valence-electron chi connectivity index (χ2n) is 4.98. The van der Waals surface area contributed by atoms with Crippen LogP contribution in [0, 0.1) is 5.92 Å². The van der Waals surface area contributed by atoms with E-state index in [1.165, 1.54) is 0 Å². The first-order valence-electron chi connectivity index (χ1n) is 6.50. The van der Waals surface area contributed by atoms with Crippen LogP contribution in [0.5, 0.6) is 5.88 Å². The maximum atomic E-state index is 5.72. The molecule has 1 aromatic rings. The van der Waals surface area contributed by atoms with Crippen molar-refractivity contribution >= 4 is 0 Å². The molecule has 1 atom stereocenters. The lowest BCUT2D eigenvalue weighted by atomic mass is 10.2. The number of hydrogen-bond acceptors (Lipinski definition) is 5. The Bertz CT molecular complexity index is 365. The molecule has 5 nitrogen and oxygen atoms in total. The van der Waals surface area contributed by atoms with Gasteiger partial charge in [0.05, 0.1) is 25.1 Å². The summed E-state index contributed by atoms with van der Waals surface area (Å²) in [7, 11) is 0. The molecule has 0 radical (unpaired) electrons. The van der Waals surface area contributed by atoms with E-state index < -0.39 is 0 Å². The minimum absolute atomic E-state index is 0.123. The third-order valence-corrected chi connectivity index (χ3v) is 2.70. The molecule has 0 bridgehead atoms. The highest BCUT2D eigenvalue weighted by molar-refractivity contribution is 5.08. The van der Waals surface area contributed by atoms with Gasteiger partial charge in [-0.3, -0.25) is 4.98 Å². The van der Waals surface area contributed by atoms with Crippen molar-refractivity contribution in [3.63, 3.8) is 0 Å². The molecule has 2 rings (SSSR count). The maximum absolute atomic E-state index is 5.72. The fourth-order valence-corrected chi connectivity index (χ4v) is 1.79. The summed E-state index contributed by atoms with van der Waals surface area (Å²) in [6.45, 7) is 7.48. The predicted molar refractivity (Wildman–Crippen MR) is 68.4 cm³/mol. The van der Waals surface area contributed by atoms with Gasteiger partial charge in [-0.25, -0.2) is 4.98 Å². The van der Waals surface area contributed by atoms with Crippen molar-refractivity contribution in [2.75, 3.05) is 19.8 Å². The summed E-state index contributed by atoms with van der Waals surface area (Å²) < 4.78 is 11.0. The molecule has 1 aliphatic heterocycles. The summed E-state index contributed by atoms with van der Waals surface area (Å²) in [4.78, 5) is 8.59. The summed E-state index contributed by atoms with van der Waals surface area (Å²) in [5.41, 5.74) is 0.909. The fourth-order valence-electron chi connectivity index (χ4n) is 1.79. The van der Waals surface area contributed by atoms with Crippen molar-refractivity contribution < 1.29 is 9.47 Å². The van der Waals surface area contributed by atoms with E-state index in [2.05, 4.69) is 29.1 Å². The Labute approximate surface area is 108 Å². The molecule has 1 aromatic heterocycles. The number of nitrogens with zero attached hydrogens (tertiary/aromatic N) is 2. The Morgan fingerprint density at radius 3 is 3.11 bits per heavy atom. The van der Waals surface area contributed by atoms with Crippen molar-refractivity contribution in [1.29, 1.82) is 0 Å². The van der Waals surface area contributed by atoms with Crippen LogP contribution in [0.1, 0.15) is 26.0 Å². The number of aromatic nitrogens is 2. The molecule has 0 saturated carbocycles. The van der Waals surface area contributed by atoms with Gasteiger partial charge in [0, 0.05) is 19.2 Å². The van der Waals surface area contributed by atoms with Crippen LogP contribution in [0.3, 0.4) is 0 Å². The average Bonchev–Trinajstić information content (AvgIpc) is 2.82. The van der Waals surface area contributed by atoms with Crippen molar-refractivity contribution in [3.8, 4) is 5.88 Å². The highest BCUT2D eigenvalue weighted by Crippen LogP contribution is 2.13. The first kappa shape index (κ1) is 13.2. The number of hydrogen-bond donors (Lipinski definition) is 1. The summed E-state index contributed by atoms with van der Waals surface area (Å²) in [6, 6.07) is 0. The van der Waals surface area contributed by atoms with E-state index in [1.807, 2.05) is 0 Å². The summed E-state index contributed by atoms with van der Waals surface area (Å²) >= 11 is 0. The molecule has 1 saturated heterocycles. The van der Waals surface area contributed by atoms with E-state index in [0.29, 0.717) is 18.4 Å². The van der Waals surface area contributed by atoms with Crippen LogP contribution < -0.4 is 10.1 Å².